The Kier molecular flexibility index (Phi) is 4.80. The van der Waals surface area contributed by atoms with Gasteiger partial charge in [0.15, 0.2) is 0 Å². The molecule has 0 amide bonds. The first-order chi connectivity index (χ1) is 14.5. The summed E-state index contributed by atoms with van der Waals surface area (Å²) in [6, 6.07) is 13.1. The number of fused-ring (bicyclic) bond motifs is 3. The Morgan fingerprint density at radius 1 is 1.00 bits per heavy atom. The molecule has 0 atom stereocenters. The Bertz CT molecular complexity index is 1170. The van der Waals surface area contributed by atoms with E-state index in [1.54, 1.807) is 23.0 Å². The van der Waals surface area contributed by atoms with Crippen molar-refractivity contribution in [1.82, 2.24) is 19.3 Å². The second kappa shape index (κ2) is 7.50. The minimum absolute atomic E-state index is 0.213. The standard InChI is InChI=1S/C21H23N5O3S/c1-16-2-5-20(6-3-16)30(27,28)25-14-17-12-18(24-8-10-29-11-9-24)4-7-21(17)26-19(15-25)13-22-23-26/h2-7,12-13H,8-11,14-15H2,1H3. The molecule has 9 heteroatoms. The number of aromatic nitrogens is 3. The topological polar surface area (TPSA) is 80.6 Å². The van der Waals surface area contributed by atoms with Crippen molar-refractivity contribution in [3.05, 3.63) is 65.5 Å². The van der Waals surface area contributed by atoms with E-state index in [-0.39, 0.29) is 13.1 Å². The maximum absolute atomic E-state index is 13.4. The Labute approximate surface area is 175 Å². The number of benzene rings is 2. The van der Waals surface area contributed by atoms with E-state index >= 15 is 0 Å². The van der Waals surface area contributed by atoms with E-state index in [0.717, 1.165) is 41.3 Å². The van der Waals surface area contributed by atoms with Gasteiger partial charge in [0.05, 0.1) is 42.2 Å². The number of hydrogen-bond acceptors (Lipinski definition) is 6. The number of morpholine rings is 1. The lowest BCUT2D eigenvalue weighted by atomic mass is 10.1. The van der Waals surface area contributed by atoms with Crippen LogP contribution >= 0.6 is 0 Å². The molecule has 2 aliphatic heterocycles. The highest BCUT2D eigenvalue weighted by atomic mass is 32.2. The Hall–Kier alpha value is -2.75. The van der Waals surface area contributed by atoms with Crippen LogP contribution < -0.4 is 4.90 Å². The van der Waals surface area contributed by atoms with E-state index in [9.17, 15) is 8.42 Å². The van der Waals surface area contributed by atoms with Gasteiger partial charge in [0.25, 0.3) is 0 Å². The number of anilines is 1. The molecule has 0 saturated carbocycles. The van der Waals surface area contributed by atoms with Crippen LogP contribution in [0.1, 0.15) is 16.8 Å². The zero-order chi connectivity index (χ0) is 20.7. The highest BCUT2D eigenvalue weighted by Crippen LogP contribution is 2.31. The van der Waals surface area contributed by atoms with Crippen molar-refractivity contribution in [2.24, 2.45) is 0 Å². The average molecular weight is 426 g/mol. The molecule has 1 fully saturated rings. The molecule has 0 radical (unpaired) electrons. The molecule has 1 aromatic heterocycles. The van der Waals surface area contributed by atoms with Crippen LogP contribution in [-0.4, -0.2) is 54.0 Å². The summed E-state index contributed by atoms with van der Waals surface area (Å²) in [5, 5.41) is 8.23. The van der Waals surface area contributed by atoms with E-state index in [1.807, 2.05) is 25.1 Å². The van der Waals surface area contributed by atoms with E-state index in [4.69, 9.17) is 4.74 Å². The smallest absolute Gasteiger partial charge is 0.243 e. The fourth-order valence-corrected chi connectivity index (χ4v) is 5.34. The Morgan fingerprint density at radius 3 is 2.53 bits per heavy atom. The lowest BCUT2D eigenvalue weighted by Crippen LogP contribution is -2.36. The van der Waals surface area contributed by atoms with Gasteiger partial charge in [0, 0.05) is 25.3 Å². The van der Waals surface area contributed by atoms with Crippen molar-refractivity contribution in [2.45, 2.75) is 24.9 Å². The van der Waals surface area contributed by atoms with E-state index in [1.165, 1.54) is 4.31 Å². The second-order valence-corrected chi connectivity index (χ2v) is 9.57. The maximum atomic E-state index is 13.4. The molecule has 1 saturated heterocycles. The SMILES string of the molecule is Cc1ccc(S(=O)(=O)N2Cc3cc(N4CCOCC4)ccc3-n3nncc3C2)cc1. The summed E-state index contributed by atoms with van der Waals surface area (Å²) in [6.45, 7) is 5.45. The summed E-state index contributed by atoms with van der Waals surface area (Å²) in [7, 11) is -3.67. The molecular weight excluding hydrogens is 402 g/mol. The fraction of sp³-hybridized carbons (Fsp3) is 0.333. The normalized spacial score (nSPS) is 17.3. The van der Waals surface area contributed by atoms with E-state index < -0.39 is 10.0 Å². The summed E-state index contributed by atoms with van der Waals surface area (Å²) >= 11 is 0. The van der Waals surface area contributed by atoms with Crippen LogP contribution in [0.25, 0.3) is 5.69 Å². The number of rotatable bonds is 3. The number of ether oxygens (including phenoxy) is 1. The molecule has 30 heavy (non-hydrogen) atoms. The lowest BCUT2D eigenvalue weighted by Gasteiger charge is -2.29. The van der Waals surface area contributed by atoms with Gasteiger partial charge < -0.3 is 9.64 Å². The number of hydrogen-bond donors (Lipinski definition) is 0. The third-order valence-electron chi connectivity index (χ3n) is 5.63. The molecule has 0 spiro atoms. The van der Waals surface area contributed by atoms with Crippen molar-refractivity contribution in [1.29, 1.82) is 0 Å². The van der Waals surface area contributed by atoms with Crippen LogP contribution in [0.5, 0.6) is 0 Å². The second-order valence-electron chi connectivity index (χ2n) is 7.64. The monoisotopic (exact) mass is 425 g/mol. The molecule has 0 bridgehead atoms. The van der Waals surface area contributed by atoms with Gasteiger partial charge >= 0.3 is 0 Å². The first kappa shape index (κ1) is 19.2. The van der Waals surface area contributed by atoms with Gasteiger partial charge in [0.2, 0.25) is 10.0 Å². The Balaban J connectivity index is 1.57. The van der Waals surface area contributed by atoms with Crippen LogP contribution in [0, 0.1) is 6.92 Å². The zero-order valence-corrected chi connectivity index (χ0v) is 17.5. The third kappa shape index (κ3) is 3.38. The van der Waals surface area contributed by atoms with Crippen molar-refractivity contribution in [2.75, 3.05) is 31.2 Å². The van der Waals surface area contributed by atoms with Gasteiger partial charge in [-0.1, -0.05) is 22.9 Å². The molecular formula is C21H23N5O3S. The predicted octanol–water partition coefficient (Wildman–Crippen LogP) is 2.12. The lowest BCUT2D eigenvalue weighted by molar-refractivity contribution is 0.122. The summed E-state index contributed by atoms with van der Waals surface area (Å²) in [6.07, 6.45) is 1.63. The van der Waals surface area contributed by atoms with Crippen molar-refractivity contribution >= 4 is 15.7 Å². The highest BCUT2D eigenvalue weighted by Gasteiger charge is 2.30. The van der Waals surface area contributed by atoms with Gasteiger partial charge in [-0.25, -0.2) is 13.1 Å². The summed E-state index contributed by atoms with van der Waals surface area (Å²) in [5.74, 6) is 0. The third-order valence-corrected chi connectivity index (χ3v) is 7.44. The maximum Gasteiger partial charge on any atom is 0.243 e. The average Bonchev–Trinajstić information content (AvgIpc) is 3.16. The van der Waals surface area contributed by atoms with Crippen molar-refractivity contribution in [3.8, 4) is 5.69 Å². The summed E-state index contributed by atoms with van der Waals surface area (Å²) in [4.78, 5) is 2.55. The summed E-state index contributed by atoms with van der Waals surface area (Å²) in [5.41, 5.74) is 4.59. The van der Waals surface area contributed by atoms with Crippen LogP contribution in [0.3, 0.4) is 0 Å². The first-order valence-electron chi connectivity index (χ1n) is 9.95. The Morgan fingerprint density at radius 2 is 1.77 bits per heavy atom. The van der Waals surface area contributed by atoms with Gasteiger partial charge in [-0.3, -0.25) is 0 Å². The minimum atomic E-state index is -3.67. The largest absolute Gasteiger partial charge is 0.378 e. The molecule has 156 valence electrons. The van der Waals surface area contributed by atoms with E-state index in [0.29, 0.717) is 18.1 Å². The molecule has 2 aliphatic rings. The molecule has 2 aromatic carbocycles. The van der Waals surface area contributed by atoms with Crippen LogP contribution in [0.15, 0.2) is 53.6 Å². The molecule has 0 aliphatic carbocycles. The molecule has 3 heterocycles. The van der Waals surface area contributed by atoms with Crippen LogP contribution in [0.4, 0.5) is 5.69 Å². The predicted molar refractivity (Wildman–Crippen MR) is 112 cm³/mol. The molecule has 0 unspecified atom stereocenters. The number of aryl methyl sites for hydroxylation is 1. The van der Waals surface area contributed by atoms with Crippen LogP contribution in [-0.2, 0) is 27.8 Å². The van der Waals surface area contributed by atoms with Crippen molar-refractivity contribution in [3.63, 3.8) is 0 Å². The number of nitrogens with zero attached hydrogens (tertiary/aromatic N) is 5. The molecule has 3 aromatic rings. The first-order valence-corrected chi connectivity index (χ1v) is 11.4. The zero-order valence-electron chi connectivity index (χ0n) is 16.7. The fourth-order valence-electron chi connectivity index (χ4n) is 3.95. The highest BCUT2D eigenvalue weighted by molar-refractivity contribution is 7.89. The van der Waals surface area contributed by atoms with Gasteiger partial charge in [-0.05, 0) is 42.8 Å². The minimum Gasteiger partial charge on any atom is -0.378 e. The van der Waals surface area contributed by atoms with E-state index in [2.05, 4.69) is 27.3 Å². The molecule has 5 rings (SSSR count). The quantitative estimate of drug-likeness (QED) is 0.640. The van der Waals surface area contributed by atoms with Crippen LogP contribution in [0.2, 0.25) is 0 Å². The molecule has 0 N–H and O–H groups in total. The molecule has 8 nitrogen and oxygen atoms in total. The summed E-state index contributed by atoms with van der Waals surface area (Å²) < 4.78 is 35.6. The number of sulfonamides is 1. The van der Waals surface area contributed by atoms with Gasteiger partial charge in [-0.15, -0.1) is 5.10 Å². The van der Waals surface area contributed by atoms with Crippen molar-refractivity contribution < 1.29 is 13.2 Å². The van der Waals surface area contributed by atoms with Gasteiger partial charge in [0.1, 0.15) is 0 Å². The van der Waals surface area contributed by atoms with Gasteiger partial charge in [-0.2, -0.15) is 4.31 Å².